The Bertz CT molecular complexity index is 350. The van der Waals surface area contributed by atoms with Crippen LogP contribution in [0.3, 0.4) is 0 Å². The number of hydrogen-bond donors (Lipinski definition) is 1. The maximum Gasteiger partial charge on any atom is 0.390 e. The Balaban J connectivity index is 2.90. The standard InChI is InChI=1S/C9H8BrF4N/c10-5-1-2-7(11)6(3-5)8(15)4-9(12,13)14/h1-3,8H,4,15H2/t8-/m0/s1. The van der Waals surface area contributed by atoms with Gasteiger partial charge in [-0.3, -0.25) is 0 Å². The van der Waals surface area contributed by atoms with E-state index in [9.17, 15) is 17.6 Å². The fourth-order valence-corrected chi connectivity index (χ4v) is 1.54. The van der Waals surface area contributed by atoms with Gasteiger partial charge in [0, 0.05) is 16.1 Å². The molecule has 0 aliphatic carbocycles. The van der Waals surface area contributed by atoms with Crippen LogP contribution in [0.4, 0.5) is 17.6 Å². The molecule has 0 aliphatic heterocycles. The molecule has 1 nitrogen and oxygen atoms in total. The van der Waals surface area contributed by atoms with E-state index in [2.05, 4.69) is 15.9 Å². The minimum atomic E-state index is -4.39. The molecule has 0 aliphatic rings. The van der Waals surface area contributed by atoms with Crippen molar-refractivity contribution in [1.29, 1.82) is 0 Å². The lowest BCUT2D eigenvalue weighted by Gasteiger charge is -2.15. The van der Waals surface area contributed by atoms with Crippen molar-refractivity contribution in [2.75, 3.05) is 0 Å². The summed E-state index contributed by atoms with van der Waals surface area (Å²) in [5.41, 5.74) is 5.13. The summed E-state index contributed by atoms with van der Waals surface area (Å²) in [6.07, 6.45) is -5.63. The molecule has 1 atom stereocenters. The maximum absolute atomic E-state index is 13.1. The summed E-state index contributed by atoms with van der Waals surface area (Å²) < 4.78 is 49.7. The van der Waals surface area contributed by atoms with E-state index in [4.69, 9.17) is 5.73 Å². The zero-order chi connectivity index (χ0) is 11.6. The molecule has 1 rings (SSSR count). The molecule has 15 heavy (non-hydrogen) atoms. The molecule has 0 fully saturated rings. The molecule has 1 aromatic carbocycles. The lowest BCUT2D eigenvalue weighted by Crippen LogP contribution is -2.21. The summed E-state index contributed by atoms with van der Waals surface area (Å²) in [4.78, 5) is 0. The van der Waals surface area contributed by atoms with Crippen LogP contribution in [-0.4, -0.2) is 6.18 Å². The highest BCUT2D eigenvalue weighted by Crippen LogP contribution is 2.30. The van der Waals surface area contributed by atoms with Crippen LogP contribution < -0.4 is 5.73 Å². The molecule has 0 spiro atoms. The largest absolute Gasteiger partial charge is 0.390 e. The van der Waals surface area contributed by atoms with Gasteiger partial charge in [0.2, 0.25) is 0 Å². The minimum Gasteiger partial charge on any atom is -0.324 e. The number of nitrogens with two attached hydrogens (primary N) is 1. The first-order chi connectivity index (χ1) is 6.79. The topological polar surface area (TPSA) is 26.0 Å². The van der Waals surface area contributed by atoms with Gasteiger partial charge in [-0.2, -0.15) is 13.2 Å². The van der Waals surface area contributed by atoms with Crippen molar-refractivity contribution in [3.8, 4) is 0 Å². The van der Waals surface area contributed by atoms with Crippen LogP contribution in [0.5, 0.6) is 0 Å². The van der Waals surface area contributed by atoms with Gasteiger partial charge in [-0.05, 0) is 18.2 Å². The van der Waals surface area contributed by atoms with E-state index < -0.39 is 24.5 Å². The molecule has 0 unspecified atom stereocenters. The SMILES string of the molecule is N[C@@H](CC(F)(F)F)c1cc(Br)ccc1F. The van der Waals surface area contributed by atoms with Crippen molar-refractivity contribution in [2.24, 2.45) is 5.73 Å². The summed E-state index contributed by atoms with van der Waals surface area (Å²) >= 11 is 3.04. The minimum absolute atomic E-state index is 0.137. The Labute approximate surface area is 92.4 Å². The van der Waals surface area contributed by atoms with E-state index in [0.717, 1.165) is 6.07 Å². The lowest BCUT2D eigenvalue weighted by atomic mass is 10.0. The second kappa shape index (κ2) is 4.49. The second-order valence-corrected chi connectivity index (χ2v) is 4.01. The van der Waals surface area contributed by atoms with Crippen LogP contribution in [0.25, 0.3) is 0 Å². The highest BCUT2D eigenvalue weighted by Gasteiger charge is 2.31. The predicted molar refractivity (Wildman–Crippen MR) is 51.7 cm³/mol. The van der Waals surface area contributed by atoms with E-state index in [1.807, 2.05) is 0 Å². The Morgan fingerprint density at radius 1 is 1.33 bits per heavy atom. The van der Waals surface area contributed by atoms with Crippen LogP contribution in [0.2, 0.25) is 0 Å². The molecule has 0 aromatic heterocycles. The van der Waals surface area contributed by atoms with Crippen molar-refractivity contribution in [3.63, 3.8) is 0 Å². The van der Waals surface area contributed by atoms with Crippen molar-refractivity contribution >= 4 is 15.9 Å². The Morgan fingerprint density at radius 2 is 1.93 bits per heavy atom. The summed E-state index contributed by atoms with van der Waals surface area (Å²) in [6.45, 7) is 0. The average molecular weight is 286 g/mol. The van der Waals surface area contributed by atoms with Crippen molar-refractivity contribution in [3.05, 3.63) is 34.1 Å². The van der Waals surface area contributed by atoms with Crippen molar-refractivity contribution in [2.45, 2.75) is 18.6 Å². The van der Waals surface area contributed by atoms with E-state index in [-0.39, 0.29) is 5.56 Å². The highest BCUT2D eigenvalue weighted by atomic mass is 79.9. The van der Waals surface area contributed by atoms with Crippen LogP contribution in [0.15, 0.2) is 22.7 Å². The van der Waals surface area contributed by atoms with E-state index in [1.54, 1.807) is 0 Å². The maximum atomic E-state index is 13.1. The van der Waals surface area contributed by atoms with E-state index >= 15 is 0 Å². The number of rotatable bonds is 2. The number of alkyl halides is 3. The van der Waals surface area contributed by atoms with Crippen LogP contribution in [-0.2, 0) is 0 Å². The van der Waals surface area contributed by atoms with Crippen LogP contribution in [0, 0.1) is 5.82 Å². The normalized spacial score (nSPS) is 14.0. The fraction of sp³-hybridized carbons (Fsp3) is 0.333. The Hall–Kier alpha value is -0.620. The van der Waals surface area contributed by atoms with Gasteiger partial charge in [0.15, 0.2) is 0 Å². The third-order valence-corrected chi connectivity index (χ3v) is 2.30. The molecule has 2 N–H and O–H groups in total. The molecule has 6 heteroatoms. The third kappa shape index (κ3) is 3.79. The quantitative estimate of drug-likeness (QED) is 0.827. The molecule has 1 aromatic rings. The lowest BCUT2D eigenvalue weighted by molar-refractivity contribution is -0.138. The molecule has 0 amide bonds. The van der Waals surface area contributed by atoms with Crippen LogP contribution in [0.1, 0.15) is 18.0 Å². The van der Waals surface area contributed by atoms with E-state index in [1.165, 1.54) is 12.1 Å². The van der Waals surface area contributed by atoms with Gasteiger partial charge in [0.05, 0.1) is 6.42 Å². The van der Waals surface area contributed by atoms with Crippen LogP contribution >= 0.6 is 15.9 Å². The van der Waals surface area contributed by atoms with Gasteiger partial charge in [0.1, 0.15) is 5.82 Å². The third-order valence-electron chi connectivity index (χ3n) is 1.81. The predicted octanol–water partition coefficient (Wildman–Crippen LogP) is 3.54. The summed E-state index contributed by atoms with van der Waals surface area (Å²) in [5.74, 6) is -0.727. The fourth-order valence-electron chi connectivity index (χ4n) is 1.16. The van der Waals surface area contributed by atoms with Gasteiger partial charge in [0.25, 0.3) is 0 Å². The summed E-state index contributed by atoms with van der Waals surface area (Å²) in [5, 5.41) is 0. The van der Waals surface area contributed by atoms with Crippen molar-refractivity contribution < 1.29 is 17.6 Å². The second-order valence-electron chi connectivity index (χ2n) is 3.09. The van der Waals surface area contributed by atoms with Gasteiger partial charge in [-0.15, -0.1) is 0 Å². The smallest absolute Gasteiger partial charge is 0.324 e. The molecule has 0 saturated carbocycles. The highest BCUT2D eigenvalue weighted by molar-refractivity contribution is 9.10. The molecular formula is C9H8BrF4N. The van der Waals surface area contributed by atoms with Gasteiger partial charge in [-0.1, -0.05) is 15.9 Å². The monoisotopic (exact) mass is 285 g/mol. The number of hydrogen-bond acceptors (Lipinski definition) is 1. The Kier molecular flexibility index (Phi) is 3.72. The molecule has 0 bridgehead atoms. The molecular weight excluding hydrogens is 278 g/mol. The first kappa shape index (κ1) is 12.4. The first-order valence-electron chi connectivity index (χ1n) is 4.07. The zero-order valence-corrected chi connectivity index (χ0v) is 9.07. The number of benzene rings is 1. The summed E-state index contributed by atoms with van der Waals surface area (Å²) in [6, 6.07) is 2.36. The van der Waals surface area contributed by atoms with E-state index in [0.29, 0.717) is 4.47 Å². The summed E-state index contributed by atoms with van der Waals surface area (Å²) in [7, 11) is 0. The molecule has 0 heterocycles. The van der Waals surface area contributed by atoms with Crippen molar-refractivity contribution in [1.82, 2.24) is 0 Å². The molecule has 0 saturated heterocycles. The van der Waals surface area contributed by atoms with Gasteiger partial charge < -0.3 is 5.73 Å². The molecule has 84 valence electrons. The molecule has 0 radical (unpaired) electrons. The van der Waals surface area contributed by atoms with Gasteiger partial charge in [-0.25, -0.2) is 4.39 Å². The first-order valence-corrected chi connectivity index (χ1v) is 4.86. The zero-order valence-electron chi connectivity index (χ0n) is 7.48. The number of halogens is 5. The van der Waals surface area contributed by atoms with Gasteiger partial charge >= 0.3 is 6.18 Å². The Morgan fingerprint density at radius 3 is 2.47 bits per heavy atom. The average Bonchev–Trinajstić information content (AvgIpc) is 2.06.